The monoisotopic (exact) mass is 293 g/mol. The molecule has 0 aromatic rings. The van der Waals surface area contributed by atoms with E-state index in [9.17, 15) is 8.42 Å². The molecule has 0 saturated heterocycles. The molecule has 0 aromatic carbocycles. The van der Waals surface area contributed by atoms with Gasteiger partial charge in [0.1, 0.15) is 0 Å². The van der Waals surface area contributed by atoms with Gasteiger partial charge < -0.3 is 3.87 Å². The average molecular weight is 294 g/mol. The lowest BCUT2D eigenvalue weighted by atomic mass is 9.96. The Balaban J connectivity index is 2.64. The maximum Gasteiger partial charge on any atom is 0.326 e. The van der Waals surface area contributed by atoms with Crippen molar-refractivity contribution in [3.63, 3.8) is 0 Å². The van der Waals surface area contributed by atoms with E-state index in [2.05, 4.69) is 4.72 Å². The first-order chi connectivity index (χ1) is 8.04. The van der Waals surface area contributed by atoms with Gasteiger partial charge in [-0.15, -0.1) is 0 Å². The second-order valence-electron chi connectivity index (χ2n) is 6.75. The van der Waals surface area contributed by atoms with E-state index in [1.54, 1.807) is 0 Å². The Hall–Kier alpha value is 0.0869. The molecule has 18 heavy (non-hydrogen) atoms. The SMILES string of the molecule is CC(C)(C)[Si](C)(C)OS(=O)(=O)NC1CCCCC1. The first-order valence-corrected chi connectivity index (χ1v) is 11.1. The molecule has 0 aliphatic heterocycles. The Labute approximate surface area is 113 Å². The van der Waals surface area contributed by atoms with Gasteiger partial charge in [-0.3, -0.25) is 0 Å². The van der Waals surface area contributed by atoms with Crippen LogP contribution in [0.25, 0.3) is 0 Å². The van der Waals surface area contributed by atoms with E-state index >= 15 is 0 Å². The maximum atomic E-state index is 12.1. The third kappa shape index (κ3) is 4.64. The fraction of sp³-hybridized carbons (Fsp3) is 1.00. The topological polar surface area (TPSA) is 55.4 Å². The van der Waals surface area contributed by atoms with Crippen LogP contribution in [0, 0.1) is 0 Å². The van der Waals surface area contributed by atoms with E-state index in [0.717, 1.165) is 25.7 Å². The molecular formula is C12H27NO3SSi. The highest BCUT2D eigenvalue weighted by Gasteiger charge is 2.41. The van der Waals surface area contributed by atoms with Crippen molar-refractivity contribution in [1.29, 1.82) is 0 Å². The predicted molar refractivity (Wildman–Crippen MR) is 77.2 cm³/mol. The Morgan fingerprint density at radius 2 is 1.61 bits per heavy atom. The molecule has 1 saturated carbocycles. The molecular weight excluding hydrogens is 266 g/mol. The molecule has 6 heteroatoms. The van der Waals surface area contributed by atoms with Gasteiger partial charge in [0, 0.05) is 6.04 Å². The first kappa shape index (κ1) is 16.1. The molecule has 0 amide bonds. The fourth-order valence-electron chi connectivity index (χ4n) is 1.85. The molecule has 0 aromatic heterocycles. The van der Waals surface area contributed by atoms with Gasteiger partial charge in [-0.05, 0) is 31.0 Å². The Morgan fingerprint density at radius 1 is 1.11 bits per heavy atom. The van der Waals surface area contributed by atoms with Crippen molar-refractivity contribution in [2.45, 2.75) is 77.0 Å². The maximum absolute atomic E-state index is 12.1. The summed E-state index contributed by atoms with van der Waals surface area (Å²) in [6, 6.07) is 0.0634. The average Bonchev–Trinajstić information content (AvgIpc) is 2.14. The Morgan fingerprint density at radius 3 is 2.06 bits per heavy atom. The number of hydrogen-bond donors (Lipinski definition) is 1. The number of nitrogens with one attached hydrogen (secondary N) is 1. The molecule has 0 atom stereocenters. The van der Waals surface area contributed by atoms with Crippen molar-refractivity contribution >= 4 is 18.6 Å². The zero-order valence-corrected chi connectivity index (χ0v) is 14.1. The van der Waals surface area contributed by atoms with Crippen molar-refractivity contribution in [3.05, 3.63) is 0 Å². The lowest BCUT2D eigenvalue weighted by Crippen LogP contribution is -2.47. The summed E-state index contributed by atoms with van der Waals surface area (Å²) in [7, 11) is -5.89. The molecule has 1 N–H and O–H groups in total. The van der Waals surface area contributed by atoms with E-state index in [0.29, 0.717) is 0 Å². The summed E-state index contributed by atoms with van der Waals surface area (Å²) >= 11 is 0. The van der Waals surface area contributed by atoms with Crippen LogP contribution >= 0.6 is 0 Å². The minimum Gasteiger partial charge on any atom is -0.303 e. The molecule has 1 aliphatic carbocycles. The van der Waals surface area contributed by atoms with E-state index in [1.807, 2.05) is 33.9 Å². The summed E-state index contributed by atoms with van der Waals surface area (Å²) in [6.07, 6.45) is 5.28. The largest absolute Gasteiger partial charge is 0.326 e. The van der Waals surface area contributed by atoms with Crippen LogP contribution in [-0.4, -0.2) is 22.8 Å². The zero-order valence-electron chi connectivity index (χ0n) is 12.2. The van der Waals surface area contributed by atoms with Gasteiger partial charge in [0.25, 0.3) is 0 Å². The zero-order chi connectivity index (χ0) is 14.0. The molecule has 1 fully saturated rings. The highest BCUT2D eigenvalue weighted by atomic mass is 32.2. The van der Waals surface area contributed by atoms with Crippen LogP contribution < -0.4 is 4.72 Å². The van der Waals surface area contributed by atoms with Gasteiger partial charge in [0.15, 0.2) is 0 Å². The first-order valence-electron chi connectivity index (χ1n) is 6.76. The van der Waals surface area contributed by atoms with Crippen LogP contribution in [0.3, 0.4) is 0 Å². The minimum absolute atomic E-state index is 0.0634. The highest BCUT2D eigenvalue weighted by molar-refractivity contribution is 7.85. The van der Waals surface area contributed by atoms with Crippen molar-refractivity contribution in [1.82, 2.24) is 4.72 Å². The van der Waals surface area contributed by atoms with Crippen LogP contribution in [0.15, 0.2) is 0 Å². The van der Waals surface area contributed by atoms with Gasteiger partial charge in [-0.2, -0.15) is 13.1 Å². The predicted octanol–water partition coefficient (Wildman–Crippen LogP) is 3.18. The minimum atomic E-state index is -3.61. The summed E-state index contributed by atoms with van der Waals surface area (Å²) in [5.74, 6) is 0. The van der Waals surface area contributed by atoms with Gasteiger partial charge in [-0.25, -0.2) is 0 Å². The molecule has 0 spiro atoms. The molecule has 0 radical (unpaired) electrons. The van der Waals surface area contributed by atoms with Gasteiger partial charge in [0.05, 0.1) is 0 Å². The number of hydrogen-bond acceptors (Lipinski definition) is 3. The van der Waals surface area contributed by atoms with Crippen LogP contribution in [0.5, 0.6) is 0 Å². The second-order valence-corrected chi connectivity index (χ2v) is 13.1. The van der Waals surface area contributed by atoms with E-state index < -0.39 is 18.6 Å². The standard InChI is InChI=1S/C12H27NO3SSi/c1-12(2,3)18(4,5)16-17(14,15)13-11-9-7-6-8-10-11/h11,13H,6-10H2,1-5H3. The van der Waals surface area contributed by atoms with Gasteiger partial charge in [0.2, 0.25) is 8.32 Å². The third-order valence-corrected chi connectivity index (χ3v) is 10.8. The Bertz CT molecular complexity index is 367. The van der Waals surface area contributed by atoms with Crippen molar-refractivity contribution in [2.24, 2.45) is 0 Å². The summed E-state index contributed by atoms with van der Waals surface area (Å²) < 4.78 is 32.3. The van der Waals surface area contributed by atoms with E-state index in [4.69, 9.17) is 3.87 Å². The smallest absolute Gasteiger partial charge is 0.303 e. The summed E-state index contributed by atoms with van der Waals surface area (Å²) in [5, 5.41) is -0.103. The molecule has 1 rings (SSSR count). The molecule has 0 unspecified atom stereocenters. The quantitative estimate of drug-likeness (QED) is 0.810. The van der Waals surface area contributed by atoms with Crippen LogP contribution in [0.4, 0.5) is 0 Å². The van der Waals surface area contributed by atoms with Crippen molar-refractivity contribution in [3.8, 4) is 0 Å². The lowest BCUT2D eigenvalue weighted by Gasteiger charge is -2.35. The van der Waals surface area contributed by atoms with Crippen LogP contribution in [0.2, 0.25) is 18.1 Å². The summed E-state index contributed by atoms with van der Waals surface area (Å²) in [4.78, 5) is 0. The van der Waals surface area contributed by atoms with Crippen LogP contribution in [0.1, 0.15) is 52.9 Å². The van der Waals surface area contributed by atoms with Crippen molar-refractivity contribution in [2.75, 3.05) is 0 Å². The Kier molecular flexibility index (Phi) is 5.03. The molecule has 0 bridgehead atoms. The molecule has 108 valence electrons. The normalized spacial score (nSPS) is 20.1. The highest BCUT2D eigenvalue weighted by Crippen LogP contribution is 2.37. The summed E-state index contributed by atoms with van der Waals surface area (Å²) in [5.41, 5.74) is 0. The third-order valence-electron chi connectivity index (χ3n) is 4.04. The van der Waals surface area contributed by atoms with Gasteiger partial charge in [-0.1, -0.05) is 40.0 Å². The number of rotatable bonds is 4. The second kappa shape index (κ2) is 5.61. The van der Waals surface area contributed by atoms with E-state index in [-0.39, 0.29) is 11.1 Å². The lowest BCUT2D eigenvalue weighted by molar-refractivity contribution is 0.384. The molecule has 1 aliphatic rings. The summed E-state index contributed by atoms with van der Waals surface area (Å²) in [6.45, 7) is 10.0. The van der Waals surface area contributed by atoms with Gasteiger partial charge >= 0.3 is 10.3 Å². The van der Waals surface area contributed by atoms with Crippen LogP contribution in [-0.2, 0) is 14.2 Å². The van der Waals surface area contributed by atoms with Crippen molar-refractivity contribution < 1.29 is 12.3 Å². The molecule has 4 nitrogen and oxygen atoms in total. The van der Waals surface area contributed by atoms with E-state index in [1.165, 1.54) is 6.42 Å². The fourth-order valence-corrected chi connectivity index (χ4v) is 5.88. The molecule has 0 heterocycles.